The molecular formula is C31H23F4N3O4S. The molecule has 1 atom stereocenters. The quantitative estimate of drug-likeness (QED) is 0.144. The van der Waals surface area contributed by atoms with Gasteiger partial charge < -0.3 is 14.4 Å². The van der Waals surface area contributed by atoms with E-state index in [4.69, 9.17) is 4.99 Å². The Morgan fingerprint density at radius 2 is 1.53 bits per heavy atom. The highest BCUT2D eigenvalue weighted by atomic mass is 32.2. The van der Waals surface area contributed by atoms with Gasteiger partial charge in [0.05, 0.1) is 22.4 Å². The molecule has 0 amide bonds. The van der Waals surface area contributed by atoms with Gasteiger partial charge in [-0.1, -0.05) is 36.0 Å². The van der Waals surface area contributed by atoms with Crippen molar-refractivity contribution in [1.29, 1.82) is 0 Å². The Bertz CT molecular complexity index is 1650. The molecule has 3 aromatic rings. The number of halogens is 4. The van der Waals surface area contributed by atoms with E-state index in [1.54, 1.807) is 36.4 Å². The number of benzene rings is 3. The summed E-state index contributed by atoms with van der Waals surface area (Å²) in [6.07, 6.45) is 4.31. The molecule has 2 aliphatic heterocycles. The zero-order valence-electron chi connectivity index (χ0n) is 22.3. The van der Waals surface area contributed by atoms with Crippen LogP contribution in [0.1, 0.15) is 42.0 Å². The first kappa shape index (κ1) is 28.5. The monoisotopic (exact) mass is 609 g/mol. The number of rotatable bonds is 8. The Labute approximate surface area is 248 Å². The van der Waals surface area contributed by atoms with Gasteiger partial charge in [0.1, 0.15) is 11.5 Å². The van der Waals surface area contributed by atoms with Crippen LogP contribution in [0.3, 0.4) is 0 Å². The predicted octanol–water partition coefficient (Wildman–Crippen LogP) is 8.78. The standard InChI is InChI=1S/C31H23F4N3O4S/c32-29(33)41-23-12-4-18(5-13-23)16-21-2-1-3-25-27(21)36-31-37(28(25)20-8-14-24(15-9-20)42-30(34)35)26(17-43-31)19-6-10-22(11-7-19)38(39)40/h4-17,28-30H,1-3H2. The van der Waals surface area contributed by atoms with E-state index in [9.17, 15) is 27.7 Å². The topological polar surface area (TPSA) is 77.2 Å². The summed E-state index contributed by atoms with van der Waals surface area (Å²) in [5.74, 6) is 0.115. The van der Waals surface area contributed by atoms with E-state index in [-0.39, 0.29) is 23.2 Å². The van der Waals surface area contributed by atoms with Crippen molar-refractivity contribution in [3.05, 3.63) is 122 Å². The Kier molecular flexibility index (Phi) is 7.94. The van der Waals surface area contributed by atoms with Crippen molar-refractivity contribution in [2.75, 3.05) is 0 Å². The van der Waals surface area contributed by atoms with Crippen LogP contribution >= 0.6 is 11.8 Å². The van der Waals surface area contributed by atoms with E-state index < -0.39 is 18.1 Å². The normalized spacial score (nSPS) is 18.9. The molecule has 7 nitrogen and oxygen atoms in total. The van der Waals surface area contributed by atoms with Crippen LogP contribution in [0.5, 0.6) is 11.5 Å². The lowest BCUT2D eigenvalue weighted by Gasteiger charge is -2.40. The molecule has 12 heteroatoms. The fourth-order valence-corrected chi connectivity index (χ4v) is 6.39. The minimum absolute atomic E-state index is 0.0189. The van der Waals surface area contributed by atoms with Crippen LogP contribution in [0.15, 0.2) is 100 Å². The average Bonchev–Trinajstić information content (AvgIpc) is 3.41. The molecule has 0 fully saturated rings. The molecule has 0 radical (unpaired) electrons. The van der Waals surface area contributed by atoms with Gasteiger partial charge >= 0.3 is 13.2 Å². The fourth-order valence-electron chi connectivity index (χ4n) is 5.46. The summed E-state index contributed by atoms with van der Waals surface area (Å²) < 4.78 is 59.9. The third-order valence-electron chi connectivity index (χ3n) is 7.28. The SMILES string of the molecule is O=[N+]([O-])c1ccc(C2=CSC3=NC4=C(CCCC4=Cc4ccc(OC(F)F)cc4)C(c4ccc(OC(F)F)cc4)N23)cc1. The van der Waals surface area contributed by atoms with Crippen LogP contribution in [0.2, 0.25) is 0 Å². The van der Waals surface area contributed by atoms with E-state index in [0.717, 1.165) is 58.5 Å². The van der Waals surface area contributed by atoms with Crippen molar-refractivity contribution in [3.8, 4) is 11.5 Å². The van der Waals surface area contributed by atoms with E-state index in [1.807, 2.05) is 11.5 Å². The lowest BCUT2D eigenvalue weighted by molar-refractivity contribution is -0.384. The zero-order chi connectivity index (χ0) is 30.1. The van der Waals surface area contributed by atoms with Gasteiger partial charge in [0.25, 0.3) is 5.69 Å². The molecule has 0 aromatic heterocycles. The van der Waals surface area contributed by atoms with Gasteiger partial charge in [-0.25, -0.2) is 4.99 Å². The number of ether oxygens (including phenoxy) is 2. The number of thioether (sulfide) groups is 1. The van der Waals surface area contributed by atoms with Crippen LogP contribution < -0.4 is 9.47 Å². The summed E-state index contributed by atoms with van der Waals surface area (Å²) in [5, 5.41) is 13.9. The van der Waals surface area contributed by atoms with Gasteiger partial charge in [0.15, 0.2) is 5.17 Å². The molecule has 1 unspecified atom stereocenters. The van der Waals surface area contributed by atoms with Crippen molar-refractivity contribution in [1.82, 2.24) is 4.90 Å². The molecule has 2 heterocycles. The summed E-state index contributed by atoms with van der Waals surface area (Å²) in [6, 6.07) is 18.9. The second kappa shape index (κ2) is 12.0. The number of non-ortho nitro benzene ring substituents is 1. The maximum absolute atomic E-state index is 12.8. The number of hydrogen-bond donors (Lipinski definition) is 0. The van der Waals surface area contributed by atoms with E-state index in [0.29, 0.717) is 5.17 Å². The van der Waals surface area contributed by atoms with E-state index >= 15 is 0 Å². The largest absolute Gasteiger partial charge is 0.435 e. The minimum Gasteiger partial charge on any atom is -0.435 e. The summed E-state index contributed by atoms with van der Waals surface area (Å²) in [4.78, 5) is 17.9. The van der Waals surface area contributed by atoms with Crippen LogP contribution in [0.4, 0.5) is 23.2 Å². The third-order valence-corrected chi connectivity index (χ3v) is 8.12. The van der Waals surface area contributed by atoms with E-state index in [2.05, 4.69) is 14.4 Å². The first-order chi connectivity index (χ1) is 20.8. The number of fused-ring (bicyclic) bond motifs is 1. The van der Waals surface area contributed by atoms with Crippen molar-refractivity contribution >= 4 is 34.4 Å². The number of nitro groups is 1. The number of nitro benzene ring substituents is 1. The van der Waals surface area contributed by atoms with Crippen LogP contribution in [0, 0.1) is 10.1 Å². The second-order valence-electron chi connectivity index (χ2n) is 9.88. The number of allylic oxidation sites excluding steroid dienone is 1. The molecule has 6 rings (SSSR count). The fraction of sp³-hybridized carbons (Fsp3) is 0.194. The molecule has 0 spiro atoms. The van der Waals surface area contributed by atoms with Gasteiger partial charge in [-0.3, -0.25) is 10.1 Å². The van der Waals surface area contributed by atoms with Crippen molar-refractivity contribution in [2.45, 2.75) is 38.5 Å². The minimum atomic E-state index is -2.94. The smallest absolute Gasteiger partial charge is 0.387 e. The molecular weight excluding hydrogens is 586 g/mol. The Morgan fingerprint density at radius 1 is 0.907 bits per heavy atom. The van der Waals surface area contributed by atoms with Gasteiger partial charge in [0.2, 0.25) is 0 Å². The molecule has 3 aromatic carbocycles. The highest BCUT2D eigenvalue weighted by Crippen LogP contribution is 2.51. The zero-order valence-corrected chi connectivity index (χ0v) is 23.1. The maximum Gasteiger partial charge on any atom is 0.387 e. The van der Waals surface area contributed by atoms with Gasteiger partial charge in [-0.15, -0.1) is 0 Å². The Hall–Kier alpha value is -4.58. The average molecular weight is 610 g/mol. The van der Waals surface area contributed by atoms with Crippen molar-refractivity contribution in [2.24, 2.45) is 4.99 Å². The number of amidine groups is 1. The molecule has 1 aliphatic carbocycles. The number of nitrogens with zero attached hydrogens (tertiary/aromatic N) is 3. The molecule has 0 saturated heterocycles. The molecule has 43 heavy (non-hydrogen) atoms. The van der Waals surface area contributed by atoms with Crippen molar-refractivity contribution in [3.63, 3.8) is 0 Å². The van der Waals surface area contributed by atoms with Crippen molar-refractivity contribution < 1.29 is 32.0 Å². The van der Waals surface area contributed by atoms with Gasteiger partial charge in [-0.05, 0) is 89.6 Å². The van der Waals surface area contributed by atoms with Crippen LogP contribution in [-0.2, 0) is 0 Å². The lowest BCUT2D eigenvalue weighted by Crippen LogP contribution is -2.34. The van der Waals surface area contributed by atoms with E-state index in [1.165, 1.54) is 48.2 Å². The summed E-state index contributed by atoms with van der Waals surface area (Å²) in [6.45, 7) is -5.85. The predicted molar refractivity (Wildman–Crippen MR) is 156 cm³/mol. The lowest BCUT2D eigenvalue weighted by atomic mass is 9.82. The number of alkyl halides is 4. The molecule has 220 valence electrons. The summed E-state index contributed by atoms with van der Waals surface area (Å²) >= 11 is 1.43. The first-order valence-electron chi connectivity index (χ1n) is 13.3. The molecule has 0 N–H and O–H groups in total. The number of hydrogen-bond acceptors (Lipinski definition) is 7. The molecule has 0 saturated carbocycles. The molecule has 3 aliphatic rings. The third kappa shape index (κ3) is 6.00. The second-order valence-corrected chi connectivity index (χ2v) is 10.7. The Balaban J connectivity index is 1.41. The van der Waals surface area contributed by atoms with Crippen LogP contribution in [-0.4, -0.2) is 28.2 Å². The van der Waals surface area contributed by atoms with Gasteiger partial charge in [0, 0.05) is 17.5 Å². The maximum atomic E-state index is 12.8. The molecule has 0 bridgehead atoms. The number of aliphatic imine (C=N–C) groups is 1. The summed E-state index contributed by atoms with van der Waals surface area (Å²) in [5.41, 5.74) is 6.07. The highest BCUT2D eigenvalue weighted by molar-refractivity contribution is 8.16. The van der Waals surface area contributed by atoms with Gasteiger partial charge in [-0.2, -0.15) is 17.6 Å². The summed E-state index contributed by atoms with van der Waals surface area (Å²) in [7, 11) is 0. The van der Waals surface area contributed by atoms with Crippen LogP contribution in [0.25, 0.3) is 11.8 Å². The highest BCUT2D eigenvalue weighted by Gasteiger charge is 2.40. The Morgan fingerprint density at radius 3 is 2.14 bits per heavy atom. The first-order valence-corrected chi connectivity index (χ1v) is 14.2.